The fourth-order valence-corrected chi connectivity index (χ4v) is 1.64. The molecule has 1 aromatic heterocycles. The summed E-state index contributed by atoms with van der Waals surface area (Å²) in [4.78, 5) is 4.34. The Morgan fingerprint density at radius 1 is 0.941 bits per heavy atom. The van der Waals surface area contributed by atoms with Crippen molar-refractivity contribution in [2.45, 2.75) is 6.61 Å². The standard InChI is InChI=1S/C14H11NO2/c1-2-6-11(7-3-1)16-10-14-15-12-8-4-5-9-13(12)17-14/h1-9H,10H2. The van der Waals surface area contributed by atoms with Crippen LogP contribution in [0, 0.1) is 0 Å². The number of para-hydroxylation sites is 3. The average Bonchev–Trinajstić information content (AvgIpc) is 2.80. The van der Waals surface area contributed by atoms with E-state index in [1.165, 1.54) is 0 Å². The summed E-state index contributed by atoms with van der Waals surface area (Å²) in [6, 6.07) is 17.3. The first-order valence-electron chi connectivity index (χ1n) is 5.44. The van der Waals surface area contributed by atoms with E-state index in [1.807, 2.05) is 54.6 Å². The molecule has 0 radical (unpaired) electrons. The lowest BCUT2D eigenvalue weighted by atomic mass is 10.3. The van der Waals surface area contributed by atoms with Crippen molar-refractivity contribution in [2.24, 2.45) is 0 Å². The van der Waals surface area contributed by atoms with E-state index in [-0.39, 0.29) is 0 Å². The predicted molar refractivity (Wildman–Crippen MR) is 64.8 cm³/mol. The van der Waals surface area contributed by atoms with Gasteiger partial charge in [-0.15, -0.1) is 0 Å². The highest BCUT2D eigenvalue weighted by molar-refractivity contribution is 5.72. The van der Waals surface area contributed by atoms with Crippen molar-refractivity contribution >= 4 is 11.1 Å². The van der Waals surface area contributed by atoms with Crippen molar-refractivity contribution in [3.05, 3.63) is 60.5 Å². The number of fused-ring (bicyclic) bond motifs is 1. The number of rotatable bonds is 3. The van der Waals surface area contributed by atoms with Crippen LogP contribution in [0.1, 0.15) is 5.89 Å². The van der Waals surface area contributed by atoms with E-state index < -0.39 is 0 Å². The second-order valence-electron chi connectivity index (χ2n) is 3.68. The number of hydrogen-bond acceptors (Lipinski definition) is 3. The van der Waals surface area contributed by atoms with E-state index in [2.05, 4.69) is 4.98 Å². The van der Waals surface area contributed by atoms with Crippen LogP contribution >= 0.6 is 0 Å². The number of aromatic nitrogens is 1. The predicted octanol–water partition coefficient (Wildman–Crippen LogP) is 3.41. The molecule has 0 saturated carbocycles. The van der Waals surface area contributed by atoms with Crippen molar-refractivity contribution in [3.63, 3.8) is 0 Å². The van der Waals surface area contributed by atoms with Crippen LogP contribution in [-0.2, 0) is 6.61 Å². The molecule has 3 nitrogen and oxygen atoms in total. The van der Waals surface area contributed by atoms with Crippen LogP contribution in [0.15, 0.2) is 59.0 Å². The third-order valence-electron chi connectivity index (χ3n) is 2.44. The monoisotopic (exact) mass is 225 g/mol. The Morgan fingerprint density at radius 3 is 2.53 bits per heavy atom. The number of hydrogen-bond donors (Lipinski definition) is 0. The second-order valence-corrected chi connectivity index (χ2v) is 3.68. The molecule has 0 spiro atoms. The van der Waals surface area contributed by atoms with E-state index in [0.717, 1.165) is 16.8 Å². The van der Waals surface area contributed by atoms with Gasteiger partial charge in [-0.25, -0.2) is 4.98 Å². The first-order chi connectivity index (χ1) is 8.42. The molecule has 1 heterocycles. The molecule has 0 bridgehead atoms. The lowest BCUT2D eigenvalue weighted by Crippen LogP contribution is -1.94. The molecule has 2 aromatic carbocycles. The quantitative estimate of drug-likeness (QED) is 0.685. The summed E-state index contributed by atoms with van der Waals surface area (Å²) in [5.41, 5.74) is 1.65. The molecular weight excluding hydrogens is 214 g/mol. The van der Waals surface area contributed by atoms with Gasteiger partial charge in [0.05, 0.1) is 0 Å². The zero-order chi connectivity index (χ0) is 11.5. The van der Waals surface area contributed by atoms with Crippen molar-refractivity contribution < 1.29 is 9.15 Å². The molecular formula is C14H11NO2. The Hall–Kier alpha value is -2.29. The maximum Gasteiger partial charge on any atom is 0.233 e. The summed E-state index contributed by atoms with van der Waals surface area (Å²) in [5.74, 6) is 1.41. The zero-order valence-corrected chi connectivity index (χ0v) is 9.17. The SMILES string of the molecule is c1ccc(OCc2nc3ccccc3o2)cc1. The smallest absolute Gasteiger partial charge is 0.233 e. The summed E-state index contributed by atoms with van der Waals surface area (Å²) >= 11 is 0. The Balaban J connectivity index is 1.77. The van der Waals surface area contributed by atoms with Gasteiger partial charge in [-0.1, -0.05) is 30.3 Å². The minimum absolute atomic E-state index is 0.346. The maximum absolute atomic E-state index is 5.57. The Labute approximate surface area is 98.7 Å². The van der Waals surface area contributed by atoms with Crippen LogP contribution in [0.25, 0.3) is 11.1 Å². The molecule has 0 saturated heterocycles. The Morgan fingerprint density at radius 2 is 1.71 bits per heavy atom. The Kier molecular flexibility index (Phi) is 2.50. The number of benzene rings is 2. The van der Waals surface area contributed by atoms with Gasteiger partial charge in [-0.2, -0.15) is 0 Å². The summed E-state index contributed by atoms with van der Waals surface area (Å²) < 4.78 is 11.1. The number of oxazole rings is 1. The molecule has 0 N–H and O–H groups in total. The van der Waals surface area contributed by atoms with E-state index in [4.69, 9.17) is 9.15 Å². The van der Waals surface area contributed by atoms with Crippen molar-refractivity contribution in [2.75, 3.05) is 0 Å². The van der Waals surface area contributed by atoms with Crippen LogP contribution in [0.4, 0.5) is 0 Å². The first kappa shape index (κ1) is 9.90. The highest BCUT2D eigenvalue weighted by atomic mass is 16.5. The van der Waals surface area contributed by atoms with Gasteiger partial charge in [-0.3, -0.25) is 0 Å². The minimum atomic E-state index is 0.346. The Bertz CT molecular complexity index is 583. The normalized spacial score (nSPS) is 10.6. The van der Waals surface area contributed by atoms with Crippen LogP contribution < -0.4 is 4.74 Å². The van der Waals surface area contributed by atoms with Crippen LogP contribution in [0.5, 0.6) is 5.75 Å². The lowest BCUT2D eigenvalue weighted by Gasteiger charge is -2.01. The van der Waals surface area contributed by atoms with E-state index in [0.29, 0.717) is 12.5 Å². The summed E-state index contributed by atoms with van der Waals surface area (Å²) in [6.07, 6.45) is 0. The van der Waals surface area contributed by atoms with Crippen molar-refractivity contribution in [1.29, 1.82) is 0 Å². The molecule has 3 aromatic rings. The third kappa shape index (κ3) is 2.13. The van der Waals surface area contributed by atoms with Gasteiger partial charge in [0.1, 0.15) is 11.3 Å². The number of ether oxygens (including phenoxy) is 1. The van der Waals surface area contributed by atoms with Crippen LogP contribution in [0.2, 0.25) is 0 Å². The zero-order valence-electron chi connectivity index (χ0n) is 9.17. The summed E-state index contributed by atoms with van der Waals surface area (Å²) in [6.45, 7) is 0.346. The molecule has 0 atom stereocenters. The van der Waals surface area contributed by atoms with Crippen molar-refractivity contribution in [3.8, 4) is 5.75 Å². The van der Waals surface area contributed by atoms with E-state index >= 15 is 0 Å². The van der Waals surface area contributed by atoms with Gasteiger partial charge in [0.2, 0.25) is 5.89 Å². The van der Waals surface area contributed by atoms with Gasteiger partial charge in [0.25, 0.3) is 0 Å². The summed E-state index contributed by atoms with van der Waals surface area (Å²) in [5, 5.41) is 0. The van der Waals surface area contributed by atoms with Crippen LogP contribution in [-0.4, -0.2) is 4.98 Å². The van der Waals surface area contributed by atoms with E-state index in [1.54, 1.807) is 0 Å². The highest BCUT2D eigenvalue weighted by Gasteiger charge is 2.05. The number of nitrogens with zero attached hydrogens (tertiary/aromatic N) is 1. The molecule has 3 rings (SSSR count). The molecule has 17 heavy (non-hydrogen) atoms. The molecule has 0 aliphatic carbocycles. The molecule has 3 heteroatoms. The molecule has 84 valence electrons. The molecule has 0 fully saturated rings. The van der Waals surface area contributed by atoms with Crippen LogP contribution in [0.3, 0.4) is 0 Å². The van der Waals surface area contributed by atoms with Gasteiger partial charge in [0.15, 0.2) is 12.2 Å². The van der Waals surface area contributed by atoms with E-state index in [9.17, 15) is 0 Å². The maximum atomic E-state index is 5.57. The fourth-order valence-electron chi connectivity index (χ4n) is 1.64. The third-order valence-corrected chi connectivity index (χ3v) is 2.44. The van der Waals surface area contributed by atoms with Gasteiger partial charge in [-0.05, 0) is 24.3 Å². The largest absolute Gasteiger partial charge is 0.484 e. The molecule has 0 amide bonds. The minimum Gasteiger partial charge on any atom is -0.484 e. The average molecular weight is 225 g/mol. The second kappa shape index (κ2) is 4.29. The highest BCUT2D eigenvalue weighted by Crippen LogP contribution is 2.16. The van der Waals surface area contributed by atoms with Gasteiger partial charge < -0.3 is 9.15 Å². The molecule has 0 aliphatic heterocycles. The van der Waals surface area contributed by atoms with Crippen molar-refractivity contribution in [1.82, 2.24) is 4.98 Å². The van der Waals surface area contributed by atoms with Gasteiger partial charge in [0, 0.05) is 0 Å². The lowest BCUT2D eigenvalue weighted by molar-refractivity contribution is 0.267. The first-order valence-corrected chi connectivity index (χ1v) is 5.44. The fraction of sp³-hybridized carbons (Fsp3) is 0.0714. The molecule has 0 unspecified atom stereocenters. The van der Waals surface area contributed by atoms with Gasteiger partial charge >= 0.3 is 0 Å². The summed E-state index contributed by atoms with van der Waals surface area (Å²) in [7, 11) is 0. The topological polar surface area (TPSA) is 35.3 Å². The molecule has 0 aliphatic rings.